The summed E-state index contributed by atoms with van der Waals surface area (Å²) in [7, 11) is 0. The second-order valence-electron chi connectivity index (χ2n) is 8.26. The molecule has 2 aromatic heterocycles. The molecule has 0 spiro atoms. The van der Waals surface area contributed by atoms with Crippen LogP contribution in [0.3, 0.4) is 0 Å². The van der Waals surface area contributed by atoms with Crippen LogP contribution in [0.1, 0.15) is 43.1 Å². The molecule has 3 aliphatic rings. The van der Waals surface area contributed by atoms with Gasteiger partial charge >= 0.3 is 0 Å². The van der Waals surface area contributed by atoms with Crippen molar-refractivity contribution in [1.29, 1.82) is 0 Å². The van der Waals surface area contributed by atoms with Gasteiger partial charge in [0.2, 0.25) is 5.91 Å². The van der Waals surface area contributed by atoms with Crippen molar-refractivity contribution in [1.82, 2.24) is 19.0 Å². The second kappa shape index (κ2) is 7.16. The SMILES string of the molecule is CCc1cc(=O)n2c(n1)SCC2CC(=O)N1CC2CC(C1)c1cccc(=O)n1C2. The Morgan fingerprint density at radius 2 is 2.07 bits per heavy atom. The van der Waals surface area contributed by atoms with Crippen molar-refractivity contribution in [2.75, 3.05) is 18.8 Å². The van der Waals surface area contributed by atoms with Crippen molar-refractivity contribution in [2.24, 2.45) is 5.92 Å². The van der Waals surface area contributed by atoms with E-state index in [0.717, 1.165) is 29.4 Å². The summed E-state index contributed by atoms with van der Waals surface area (Å²) in [5, 5.41) is 0.732. The van der Waals surface area contributed by atoms with E-state index in [1.165, 1.54) is 0 Å². The average Bonchev–Trinajstić information content (AvgIpc) is 3.11. The monoisotopic (exact) mass is 412 g/mol. The molecule has 3 aliphatic heterocycles. The first-order chi connectivity index (χ1) is 14.0. The van der Waals surface area contributed by atoms with Gasteiger partial charge in [0, 0.05) is 61.2 Å². The summed E-state index contributed by atoms with van der Waals surface area (Å²) in [4.78, 5) is 44.3. The third-order valence-corrected chi connectivity index (χ3v) is 7.45. The quantitative estimate of drug-likeness (QED) is 0.717. The molecule has 29 heavy (non-hydrogen) atoms. The Labute approximate surface area is 172 Å². The summed E-state index contributed by atoms with van der Waals surface area (Å²) in [6.07, 6.45) is 2.08. The Morgan fingerprint density at radius 3 is 2.90 bits per heavy atom. The lowest BCUT2D eigenvalue weighted by atomic mass is 9.83. The number of likely N-dealkylation sites (tertiary alicyclic amines) is 1. The van der Waals surface area contributed by atoms with Gasteiger partial charge in [-0.1, -0.05) is 24.8 Å². The van der Waals surface area contributed by atoms with E-state index in [0.29, 0.717) is 37.7 Å². The smallest absolute Gasteiger partial charge is 0.254 e. The van der Waals surface area contributed by atoms with Crippen LogP contribution in [-0.4, -0.2) is 43.8 Å². The van der Waals surface area contributed by atoms with Gasteiger partial charge in [0.1, 0.15) is 0 Å². The molecule has 5 heterocycles. The molecular formula is C21H24N4O3S. The molecule has 0 N–H and O–H groups in total. The van der Waals surface area contributed by atoms with Crippen LogP contribution < -0.4 is 11.1 Å². The zero-order valence-electron chi connectivity index (χ0n) is 16.4. The Balaban J connectivity index is 1.34. The highest BCUT2D eigenvalue weighted by atomic mass is 32.2. The van der Waals surface area contributed by atoms with Gasteiger partial charge in [-0.15, -0.1) is 0 Å². The standard InChI is InChI=1S/C21H24N4O3S/c1-2-15-7-20(28)25-16(12-29-21(25)22-15)8-19(27)23-9-13-6-14(11-23)17-4-3-5-18(26)24(17)10-13/h3-5,7,13-14,16H,2,6,8-12H2,1H3. The van der Waals surface area contributed by atoms with Gasteiger partial charge in [0.05, 0.1) is 6.04 Å². The van der Waals surface area contributed by atoms with Crippen molar-refractivity contribution < 1.29 is 4.79 Å². The van der Waals surface area contributed by atoms with Crippen LogP contribution in [0.15, 0.2) is 39.0 Å². The maximum atomic E-state index is 13.1. The minimum Gasteiger partial charge on any atom is -0.342 e. The molecule has 7 nitrogen and oxygen atoms in total. The number of hydrogen-bond acceptors (Lipinski definition) is 5. The lowest BCUT2D eigenvalue weighted by Gasteiger charge is -2.43. The lowest BCUT2D eigenvalue weighted by molar-refractivity contribution is -0.134. The number of nitrogens with zero attached hydrogens (tertiary/aromatic N) is 4. The van der Waals surface area contributed by atoms with E-state index >= 15 is 0 Å². The zero-order chi connectivity index (χ0) is 20.1. The minimum atomic E-state index is -0.134. The summed E-state index contributed by atoms with van der Waals surface area (Å²) < 4.78 is 3.57. The van der Waals surface area contributed by atoms with E-state index in [-0.39, 0.29) is 29.0 Å². The first kappa shape index (κ1) is 18.7. The van der Waals surface area contributed by atoms with Gasteiger partial charge < -0.3 is 9.47 Å². The van der Waals surface area contributed by atoms with Gasteiger partial charge in [-0.3, -0.25) is 19.0 Å². The summed E-state index contributed by atoms with van der Waals surface area (Å²) in [6.45, 7) is 4.00. The first-order valence-electron chi connectivity index (χ1n) is 10.3. The number of carbonyl (C=O) groups is 1. The van der Waals surface area contributed by atoms with E-state index in [9.17, 15) is 14.4 Å². The molecule has 1 saturated heterocycles. The fourth-order valence-corrected chi connectivity index (χ4v) is 6.13. The summed E-state index contributed by atoms with van der Waals surface area (Å²) in [5.41, 5.74) is 1.84. The molecule has 3 unspecified atom stereocenters. The van der Waals surface area contributed by atoms with Crippen molar-refractivity contribution in [3.63, 3.8) is 0 Å². The van der Waals surface area contributed by atoms with E-state index < -0.39 is 0 Å². The fourth-order valence-electron chi connectivity index (χ4n) is 4.96. The Kier molecular flexibility index (Phi) is 4.61. The van der Waals surface area contributed by atoms with E-state index in [2.05, 4.69) is 4.98 Å². The van der Waals surface area contributed by atoms with E-state index in [1.54, 1.807) is 28.5 Å². The fraction of sp³-hybridized carbons (Fsp3) is 0.524. The molecule has 0 aliphatic carbocycles. The second-order valence-corrected chi connectivity index (χ2v) is 9.24. The average molecular weight is 413 g/mol. The number of thioether (sulfide) groups is 1. The zero-order valence-corrected chi connectivity index (χ0v) is 17.2. The van der Waals surface area contributed by atoms with Gasteiger partial charge in [-0.25, -0.2) is 4.98 Å². The Hall–Kier alpha value is -2.35. The molecule has 3 atom stereocenters. The van der Waals surface area contributed by atoms with Crippen molar-refractivity contribution >= 4 is 17.7 Å². The maximum absolute atomic E-state index is 13.1. The van der Waals surface area contributed by atoms with Crippen LogP contribution in [0.25, 0.3) is 0 Å². The topological polar surface area (TPSA) is 77.2 Å². The highest BCUT2D eigenvalue weighted by Gasteiger charge is 2.37. The van der Waals surface area contributed by atoms with Crippen LogP contribution in [0.2, 0.25) is 0 Å². The van der Waals surface area contributed by atoms with Gasteiger partial charge in [-0.05, 0) is 24.8 Å². The number of carbonyl (C=O) groups excluding carboxylic acids is 1. The van der Waals surface area contributed by atoms with Crippen molar-refractivity contribution in [3.05, 3.63) is 56.4 Å². The van der Waals surface area contributed by atoms with Crippen LogP contribution >= 0.6 is 11.8 Å². The Bertz CT molecular complexity index is 1090. The highest BCUT2D eigenvalue weighted by Crippen LogP contribution is 2.37. The van der Waals surface area contributed by atoms with E-state index in [4.69, 9.17) is 0 Å². The van der Waals surface area contributed by atoms with Crippen molar-refractivity contribution in [2.45, 2.75) is 49.8 Å². The number of rotatable bonds is 3. The molecule has 1 fully saturated rings. The molecule has 0 saturated carbocycles. The minimum absolute atomic E-state index is 0.0508. The molecule has 0 radical (unpaired) electrons. The lowest BCUT2D eigenvalue weighted by Crippen LogP contribution is -2.49. The normalized spacial score (nSPS) is 24.9. The number of hydrogen-bond donors (Lipinski definition) is 0. The Morgan fingerprint density at radius 1 is 1.21 bits per heavy atom. The number of aromatic nitrogens is 3. The van der Waals surface area contributed by atoms with Crippen LogP contribution in [0, 0.1) is 5.92 Å². The summed E-state index contributed by atoms with van der Waals surface area (Å²) in [6, 6.07) is 6.89. The number of pyridine rings is 1. The van der Waals surface area contributed by atoms with Gasteiger partial charge in [0.25, 0.3) is 11.1 Å². The van der Waals surface area contributed by atoms with Gasteiger partial charge in [0.15, 0.2) is 5.16 Å². The molecule has 8 heteroatoms. The third kappa shape index (κ3) is 3.23. The summed E-state index contributed by atoms with van der Waals surface area (Å²) in [5.74, 6) is 1.32. The predicted molar refractivity (Wildman–Crippen MR) is 110 cm³/mol. The molecular weight excluding hydrogens is 388 g/mol. The molecule has 2 aromatic rings. The number of piperidine rings is 1. The van der Waals surface area contributed by atoms with Gasteiger partial charge in [-0.2, -0.15) is 0 Å². The molecule has 152 valence electrons. The highest BCUT2D eigenvalue weighted by molar-refractivity contribution is 7.99. The predicted octanol–water partition coefficient (Wildman–Crippen LogP) is 1.65. The van der Waals surface area contributed by atoms with Crippen LogP contribution in [-0.2, 0) is 17.8 Å². The van der Waals surface area contributed by atoms with E-state index in [1.807, 2.05) is 28.5 Å². The molecule has 2 bridgehead atoms. The summed E-state index contributed by atoms with van der Waals surface area (Å²) >= 11 is 1.56. The largest absolute Gasteiger partial charge is 0.342 e. The molecule has 1 amide bonds. The first-order valence-corrected chi connectivity index (χ1v) is 11.2. The number of aryl methyl sites for hydroxylation is 1. The van der Waals surface area contributed by atoms with Crippen LogP contribution in [0.5, 0.6) is 0 Å². The van der Waals surface area contributed by atoms with Crippen LogP contribution in [0.4, 0.5) is 0 Å². The van der Waals surface area contributed by atoms with Crippen molar-refractivity contribution in [3.8, 4) is 0 Å². The molecule has 0 aromatic carbocycles. The third-order valence-electron chi connectivity index (χ3n) is 6.35. The maximum Gasteiger partial charge on any atom is 0.254 e. The number of fused-ring (bicyclic) bond motifs is 5. The molecule has 5 rings (SSSR count). The number of amides is 1.